The molecule has 14 atom stereocenters. The van der Waals surface area contributed by atoms with Gasteiger partial charge in [-0.05, 0) is 54.8 Å². The van der Waals surface area contributed by atoms with Crippen molar-refractivity contribution in [2.24, 2.45) is 0 Å². The van der Waals surface area contributed by atoms with Crippen molar-refractivity contribution < 1.29 is 94.1 Å². The molecule has 0 bridgehead atoms. The third-order valence-corrected chi connectivity index (χ3v) is 8.97. The Kier molecular flexibility index (Phi) is 13.5. The number of benzene rings is 2. The number of esters is 1. The Morgan fingerprint density at radius 1 is 0.736 bits per heavy atom. The summed E-state index contributed by atoms with van der Waals surface area (Å²) in [5.41, 5.74) is 0.813. The van der Waals surface area contributed by atoms with Crippen molar-refractivity contribution in [3.8, 4) is 23.0 Å². The molecule has 0 unspecified atom stereocenters. The zero-order chi connectivity index (χ0) is 38.6. The first kappa shape index (κ1) is 40.5. The van der Waals surface area contributed by atoms with Gasteiger partial charge in [-0.1, -0.05) is 12.1 Å². The highest BCUT2D eigenvalue weighted by atomic mass is 16.8. The number of phenols is 4. The van der Waals surface area contributed by atoms with Crippen molar-refractivity contribution in [1.82, 2.24) is 0 Å². The summed E-state index contributed by atoms with van der Waals surface area (Å²) in [5, 5.41) is 112. The standard InChI is InChI=1S/C34H44O19/c1-14-24(41)26(43)28(45)34(50-14)53-31-29(46)33(47-9-8-16-3-6-18(36)20(38)11-16)51-22(13-49-32-27(44)25(42)21(39)12-48-32)30(31)52-23(40)7-4-15-2-5-17(35)19(37)10-15/h2-7,10-11,14,21-22,24-39,41-46H,8-9,12-13H2,1H3/t14-,21-,22+,24-,25-,26+,27+,28+,29+,30+,31+,32-,33+,34-/m0/s1. The van der Waals surface area contributed by atoms with E-state index in [0.717, 1.165) is 6.08 Å². The molecule has 19 nitrogen and oxygen atoms in total. The van der Waals surface area contributed by atoms with Crippen molar-refractivity contribution in [3.05, 3.63) is 53.6 Å². The lowest BCUT2D eigenvalue weighted by Gasteiger charge is -2.47. The smallest absolute Gasteiger partial charge is 0.331 e. The van der Waals surface area contributed by atoms with Crippen molar-refractivity contribution in [2.75, 3.05) is 19.8 Å². The van der Waals surface area contributed by atoms with Crippen molar-refractivity contribution >= 4 is 12.0 Å². The van der Waals surface area contributed by atoms with Gasteiger partial charge >= 0.3 is 5.97 Å². The number of rotatable bonds is 12. The lowest BCUT2D eigenvalue weighted by atomic mass is 9.96. The van der Waals surface area contributed by atoms with Gasteiger partial charge in [0, 0.05) is 6.08 Å². The Hall–Kier alpha value is -3.67. The number of aromatic hydroxyl groups is 4. The zero-order valence-electron chi connectivity index (χ0n) is 28.2. The number of aliphatic hydroxyl groups is 7. The van der Waals surface area contributed by atoms with Crippen LogP contribution in [-0.2, 0) is 44.4 Å². The topological polar surface area (TPSA) is 304 Å². The maximum absolute atomic E-state index is 13.2. The summed E-state index contributed by atoms with van der Waals surface area (Å²) in [7, 11) is 0. The molecule has 0 aliphatic carbocycles. The van der Waals surface area contributed by atoms with Crippen LogP contribution in [0.2, 0.25) is 0 Å². The van der Waals surface area contributed by atoms with Crippen LogP contribution in [0.4, 0.5) is 0 Å². The minimum absolute atomic E-state index is 0.136. The van der Waals surface area contributed by atoms with Crippen molar-refractivity contribution in [3.63, 3.8) is 0 Å². The number of hydrogen-bond donors (Lipinski definition) is 11. The lowest BCUT2D eigenvalue weighted by Crippen LogP contribution is -2.65. The van der Waals surface area contributed by atoms with Crippen LogP contribution in [0.15, 0.2) is 42.5 Å². The number of carbonyl (C=O) groups excluding carboxylic acids is 1. The zero-order valence-corrected chi connectivity index (χ0v) is 28.2. The van der Waals surface area contributed by atoms with E-state index in [-0.39, 0.29) is 30.1 Å². The van der Waals surface area contributed by atoms with E-state index in [4.69, 9.17) is 33.2 Å². The second-order valence-corrected chi connectivity index (χ2v) is 12.8. The van der Waals surface area contributed by atoms with Crippen LogP contribution in [0, 0.1) is 0 Å². The maximum Gasteiger partial charge on any atom is 0.331 e. The van der Waals surface area contributed by atoms with E-state index in [2.05, 4.69) is 0 Å². The molecule has 11 N–H and O–H groups in total. The van der Waals surface area contributed by atoms with Gasteiger partial charge in [-0.2, -0.15) is 0 Å². The Morgan fingerprint density at radius 3 is 2.11 bits per heavy atom. The molecule has 3 saturated heterocycles. The van der Waals surface area contributed by atoms with Crippen molar-refractivity contribution in [2.45, 2.75) is 99.4 Å². The van der Waals surface area contributed by atoms with Gasteiger partial charge in [-0.25, -0.2) is 4.79 Å². The normalized spacial score (nSPS) is 36.4. The molecule has 0 radical (unpaired) electrons. The van der Waals surface area contributed by atoms with E-state index in [9.17, 15) is 61.0 Å². The Labute approximate surface area is 302 Å². The molecule has 5 rings (SSSR count). The summed E-state index contributed by atoms with van der Waals surface area (Å²) in [4.78, 5) is 13.2. The summed E-state index contributed by atoms with van der Waals surface area (Å²) >= 11 is 0. The largest absolute Gasteiger partial charge is 0.504 e. The quantitative estimate of drug-likeness (QED) is 0.0603. The molecule has 2 aromatic carbocycles. The van der Waals surface area contributed by atoms with Crippen LogP contribution in [-0.4, -0.2) is 168 Å². The highest BCUT2D eigenvalue weighted by molar-refractivity contribution is 5.87. The van der Waals surface area contributed by atoms with Gasteiger partial charge in [-0.3, -0.25) is 0 Å². The maximum atomic E-state index is 13.2. The molecule has 0 spiro atoms. The molecule has 0 amide bonds. The van der Waals surface area contributed by atoms with E-state index in [1.165, 1.54) is 49.4 Å². The number of ether oxygens (including phenoxy) is 7. The first-order valence-corrected chi connectivity index (χ1v) is 16.6. The number of hydrogen-bond acceptors (Lipinski definition) is 19. The Morgan fingerprint density at radius 2 is 1.42 bits per heavy atom. The molecule has 3 heterocycles. The third-order valence-electron chi connectivity index (χ3n) is 8.97. The third kappa shape index (κ3) is 9.72. The molecule has 3 aliphatic heterocycles. The van der Waals surface area contributed by atoms with Gasteiger partial charge in [0.25, 0.3) is 0 Å². The molecular formula is C34H44O19. The van der Waals surface area contributed by atoms with Crippen LogP contribution in [0.25, 0.3) is 6.08 Å². The summed E-state index contributed by atoms with van der Waals surface area (Å²) in [6.45, 7) is 0.237. The summed E-state index contributed by atoms with van der Waals surface area (Å²) < 4.78 is 40.1. The Balaban J connectivity index is 1.42. The summed E-state index contributed by atoms with van der Waals surface area (Å²) in [6, 6.07) is 7.83. The Bertz CT molecular complexity index is 1560. The average molecular weight is 757 g/mol. The van der Waals surface area contributed by atoms with Gasteiger partial charge in [-0.15, -0.1) is 0 Å². The summed E-state index contributed by atoms with van der Waals surface area (Å²) in [6.07, 6.45) is -20.0. The van der Waals surface area contributed by atoms with Crippen molar-refractivity contribution in [1.29, 1.82) is 0 Å². The molecule has 294 valence electrons. The van der Waals surface area contributed by atoms with E-state index < -0.39 is 117 Å². The summed E-state index contributed by atoms with van der Waals surface area (Å²) in [5.74, 6) is -2.62. The number of carbonyl (C=O) groups is 1. The van der Waals surface area contributed by atoms with Gasteiger partial charge in [0.2, 0.25) is 0 Å². The van der Waals surface area contributed by atoms with Gasteiger partial charge in [0.1, 0.15) is 54.9 Å². The van der Waals surface area contributed by atoms with Crippen LogP contribution >= 0.6 is 0 Å². The lowest BCUT2D eigenvalue weighted by molar-refractivity contribution is -0.362. The highest BCUT2D eigenvalue weighted by Crippen LogP contribution is 2.33. The first-order valence-electron chi connectivity index (χ1n) is 16.6. The highest BCUT2D eigenvalue weighted by Gasteiger charge is 2.53. The van der Waals surface area contributed by atoms with Crippen LogP contribution in [0.1, 0.15) is 18.1 Å². The number of aliphatic hydroxyl groups excluding tert-OH is 7. The minimum Gasteiger partial charge on any atom is -0.504 e. The van der Waals surface area contributed by atoms with Crippen LogP contribution < -0.4 is 0 Å². The average Bonchev–Trinajstić information content (AvgIpc) is 3.13. The predicted molar refractivity (Wildman–Crippen MR) is 174 cm³/mol. The minimum atomic E-state index is -1.86. The molecule has 0 saturated carbocycles. The predicted octanol–water partition coefficient (Wildman–Crippen LogP) is -2.55. The fraction of sp³-hybridized carbons (Fsp3) is 0.559. The van der Waals surface area contributed by atoms with E-state index in [0.29, 0.717) is 5.56 Å². The SMILES string of the molecule is C[C@@H]1O[C@@H](O[C@@H]2[C@@H](O)[C@H](OCCc3ccc(O)c(O)c3)O[C@H](CO[C@@H]3OC[C@H](O)[C@H](O)[C@H]3O)[C@H]2OC(=O)C=Cc2ccc(O)c(O)c2)[C@H](O)[C@H](O)[C@H]1O. The first-order chi connectivity index (χ1) is 25.1. The monoisotopic (exact) mass is 756 g/mol. The van der Waals surface area contributed by atoms with Gasteiger partial charge < -0.3 is 89.3 Å². The van der Waals surface area contributed by atoms with Gasteiger partial charge in [0.15, 0.2) is 48.0 Å². The van der Waals surface area contributed by atoms with E-state index in [1.54, 1.807) is 0 Å². The molecule has 53 heavy (non-hydrogen) atoms. The molecular weight excluding hydrogens is 712 g/mol. The number of phenolic OH excluding ortho intramolecular Hbond substituents is 4. The molecule has 19 heteroatoms. The fourth-order valence-corrected chi connectivity index (χ4v) is 5.86. The van der Waals surface area contributed by atoms with E-state index >= 15 is 0 Å². The molecule has 0 aromatic heterocycles. The molecule has 3 fully saturated rings. The fourth-order valence-electron chi connectivity index (χ4n) is 5.86. The van der Waals surface area contributed by atoms with Gasteiger partial charge in [0.05, 0.1) is 25.9 Å². The molecule has 3 aliphatic rings. The second-order valence-electron chi connectivity index (χ2n) is 12.8. The molecule has 2 aromatic rings. The van der Waals surface area contributed by atoms with E-state index in [1.807, 2.05) is 0 Å². The van der Waals surface area contributed by atoms with Crippen LogP contribution in [0.3, 0.4) is 0 Å². The van der Waals surface area contributed by atoms with Crippen LogP contribution in [0.5, 0.6) is 23.0 Å². The second kappa shape index (κ2) is 17.6.